The molecule has 32 heavy (non-hydrogen) atoms. The fourth-order valence-electron chi connectivity index (χ4n) is 3.16. The lowest BCUT2D eigenvalue weighted by molar-refractivity contribution is -0.141. The average molecular weight is 453 g/mol. The van der Waals surface area contributed by atoms with Gasteiger partial charge in [0.15, 0.2) is 5.43 Å². The molecular weight excluding hydrogens is 428 g/mol. The maximum atomic E-state index is 13.3. The third kappa shape index (κ3) is 5.45. The van der Waals surface area contributed by atoms with Crippen molar-refractivity contribution < 1.29 is 19.3 Å². The molecule has 1 aromatic heterocycles. The molecule has 0 saturated carbocycles. The third-order valence-corrected chi connectivity index (χ3v) is 5.77. The van der Waals surface area contributed by atoms with Gasteiger partial charge in [-0.05, 0) is 49.1 Å². The number of hydrogen-bond acceptors (Lipinski definition) is 8. The maximum absolute atomic E-state index is 13.3. The number of carbonyl (C=O) groups is 2. The van der Waals surface area contributed by atoms with E-state index in [0.717, 1.165) is 15.0 Å². The van der Waals surface area contributed by atoms with Gasteiger partial charge < -0.3 is 9.68 Å². The van der Waals surface area contributed by atoms with Gasteiger partial charge in [-0.2, -0.15) is 0 Å². The van der Waals surface area contributed by atoms with Crippen LogP contribution in [0.5, 0.6) is 0 Å². The van der Waals surface area contributed by atoms with Crippen molar-refractivity contribution in [3.8, 4) is 0 Å². The summed E-state index contributed by atoms with van der Waals surface area (Å²) in [6.45, 7) is 8.36. The molecule has 3 rings (SSSR count). The molecule has 0 bridgehead atoms. The number of oxime groups is 2. The zero-order valence-corrected chi connectivity index (χ0v) is 19.4. The second-order valence-corrected chi connectivity index (χ2v) is 8.92. The van der Waals surface area contributed by atoms with Crippen molar-refractivity contribution in [2.24, 2.45) is 16.2 Å². The van der Waals surface area contributed by atoms with Gasteiger partial charge in [0.25, 0.3) is 0 Å². The van der Waals surface area contributed by atoms with E-state index >= 15 is 0 Å². The Bertz CT molecular complexity index is 1320. The van der Waals surface area contributed by atoms with Crippen molar-refractivity contribution in [1.82, 2.24) is 0 Å². The first-order valence-corrected chi connectivity index (χ1v) is 11.0. The van der Waals surface area contributed by atoms with Crippen LogP contribution in [0.4, 0.5) is 0 Å². The Labute approximate surface area is 189 Å². The van der Waals surface area contributed by atoms with E-state index in [2.05, 4.69) is 10.3 Å². The molecule has 0 aliphatic carbocycles. The summed E-state index contributed by atoms with van der Waals surface area (Å²) in [5.74, 6) is -0.723. The van der Waals surface area contributed by atoms with E-state index < -0.39 is 11.9 Å². The van der Waals surface area contributed by atoms with Crippen molar-refractivity contribution in [2.75, 3.05) is 0 Å². The minimum atomic E-state index is -0.511. The molecule has 0 amide bonds. The number of nitrogens with zero attached hydrogens (tertiary/aromatic N) is 2. The van der Waals surface area contributed by atoms with Crippen molar-refractivity contribution in [1.29, 1.82) is 0 Å². The highest BCUT2D eigenvalue weighted by atomic mass is 32.1. The van der Waals surface area contributed by atoms with Crippen LogP contribution in [0, 0.1) is 5.92 Å². The van der Waals surface area contributed by atoms with Crippen LogP contribution in [0.1, 0.15) is 52.2 Å². The van der Waals surface area contributed by atoms with Crippen LogP contribution in [-0.2, 0) is 19.3 Å². The summed E-state index contributed by atoms with van der Waals surface area (Å²) < 4.78 is 1.69. The highest BCUT2D eigenvalue weighted by Gasteiger charge is 2.13. The van der Waals surface area contributed by atoms with Crippen molar-refractivity contribution in [2.45, 2.75) is 41.0 Å². The van der Waals surface area contributed by atoms with E-state index in [1.807, 2.05) is 38.1 Å². The quantitative estimate of drug-likeness (QED) is 0.227. The van der Waals surface area contributed by atoms with Crippen LogP contribution < -0.4 is 5.43 Å². The Kier molecular flexibility index (Phi) is 7.15. The molecule has 0 unspecified atom stereocenters. The molecule has 0 atom stereocenters. The number of hydrogen-bond donors (Lipinski definition) is 0. The van der Waals surface area contributed by atoms with Crippen molar-refractivity contribution >= 4 is 54.9 Å². The van der Waals surface area contributed by atoms with Crippen molar-refractivity contribution in [3.05, 3.63) is 57.7 Å². The molecule has 2 aromatic carbocycles. The summed E-state index contributed by atoms with van der Waals surface area (Å²) in [6.07, 6.45) is 0.597. The van der Waals surface area contributed by atoms with Gasteiger partial charge in [0.1, 0.15) is 0 Å². The Balaban J connectivity index is 2.14. The van der Waals surface area contributed by atoms with E-state index in [1.54, 1.807) is 19.1 Å². The van der Waals surface area contributed by atoms with Crippen molar-refractivity contribution in [3.63, 3.8) is 0 Å². The van der Waals surface area contributed by atoms with Gasteiger partial charge in [-0.15, -0.1) is 11.3 Å². The zero-order valence-electron chi connectivity index (χ0n) is 18.6. The van der Waals surface area contributed by atoms with Gasteiger partial charge in [0.2, 0.25) is 0 Å². The second kappa shape index (κ2) is 9.82. The standard InChI is InChI=1S/C24H24N2O5S/c1-13(2)10-21(26-31-16(5)28)18-7-9-23-20(12-18)24(29)19-11-17(6-8-22(19)32-23)14(3)25-30-15(4)27/h6-9,11-13H,10H2,1-5H3/b25-14+,26-21+. The molecule has 0 fully saturated rings. The number of rotatable bonds is 6. The number of fused-ring (bicyclic) bond motifs is 2. The number of carbonyl (C=O) groups excluding carboxylic acids is 2. The molecule has 0 aliphatic rings. The normalized spacial score (nSPS) is 12.4. The molecule has 1 heterocycles. The lowest BCUT2D eigenvalue weighted by Gasteiger charge is -2.10. The molecule has 0 N–H and O–H groups in total. The Hall–Kier alpha value is -3.39. The summed E-state index contributed by atoms with van der Waals surface area (Å²) in [6, 6.07) is 11.0. The molecule has 8 heteroatoms. The highest BCUT2D eigenvalue weighted by molar-refractivity contribution is 7.24. The van der Waals surface area contributed by atoms with Crippen LogP contribution in [0.2, 0.25) is 0 Å². The fourth-order valence-corrected chi connectivity index (χ4v) is 4.19. The summed E-state index contributed by atoms with van der Waals surface area (Å²) >= 11 is 1.51. The first-order chi connectivity index (χ1) is 15.2. The predicted molar refractivity (Wildman–Crippen MR) is 127 cm³/mol. The second-order valence-electron chi connectivity index (χ2n) is 7.83. The predicted octanol–water partition coefficient (Wildman–Crippen LogP) is 5.02. The fraction of sp³-hybridized carbons (Fsp3) is 0.292. The van der Waals surface area contributed by atoms with E-state index in [0.29, 0.717) is 34.2 Å². The van der Waals surface area contributed by atoms with Gasteiger partial charge in [-0.3, -0.25) is 4.79 Å². The first kappa shape index (κ1) is 23.3. The largest absolute Gasteiger partial charge is 0.331 e. The molecule has 7 nitrogen and oxygen atoms in total. The molecular formula is C24H24N2O5S. The van der Waals surface area contributed by atoms with E-state index in [1.165, 1.54) is 25.2 Å². The van der Waals surface area contributed by atoms with Gasteiger partial charge in [0, 0.05) is 39.6 Å². The zero-order chi connectivity index (χ0) is 23.4. The van der Waals surface area contributed by atoms with E-state index in [4.69, 9.17) is 9.68 Å². The lowest BCUT2D eigenvalue weighted by Crippen LogP contribution is -2.09. The van der Waals surface area contributed by atoms with Crippen LogP contribution in [0.3, 0.4) is 0 Å². The summed E-state index contributed by atoms with van der Waals surface area (Å²) in [5, 5.41) is 8.93. The average Bonchev–Trinajstić information content (AvgIpc) is 2.74. The van der Waals surface area contributed by atoms with Crippen LogP contribution in [0.15, 0.2) is 51.5 Å². The van der Waals surface area contributed by atoms with Gasteiger partial charge in [-0.25, -0.2) is 9.59 Å². The maximum Gasteiger partial charge on any atom is 0.331 e. The molecule has 0 aliphatic heterocycles. The van der Waals surface area contributed by atoms with Crippen LogP contribution in [0.25, 0.3) is 20.2 Å². The SMILES string of the molecule is CC(=O)O/N=C(\C)c1ccc2sc3ccc(/C(CC(C)C)=N/OC(C)=O)cc3c(=O)c2c1. The molecule has 3 aromatic rings. The third-order valence-electron chi connectivity index (χ3n) is 4.62. The highest BCUT2D eigenvalue weighted by Crippen LogP contribution is 2.27. The Morgan fingerprint density at radius 2 is 1.41 bits per heavy atom. The van der Waals surface area contributed by atoms with Gasteiger partial charge >= 0.3 is 11.9 Å². The summed E-state index contributed by atoms with van der Waals surface area (Å²) in [7, 11) is 0. The molecule has 0 spiro atoms. The van der Waals surface area contributed by atoms with Crippen LogP contribution in [-0.4, -0.2) is 23.4 Å². The van der Waals surface area contributed by atoms with E-state index in [9.17, 15) is 14.4 Å². The van der Waals surface area contributed by atoms with Gasteiger partial charge in [-0.1, -0.05) is 36.3 Å². The van der Waals surface area contributed by atoms with E-state index in [-0.39, 0.29) is 11.3 Å². The monoisotopic (exact) mass is 452 g/mol. The first-order valence-electron chi connectivity index (χ1n) is 10.1. The summed E-state index contributed by atoms with van der Waals surface area (Å²) in [5.41, 5.74) is 2.41. The van der Waals surface area contributed by atoms with Crippen LogP contribution >= 0.6 is 11.3 Å². The molecule has 0 radical (unpaired) electrons. The molecule has 166 valence electrons. The minimum Gasteiger partial charge on any atom is -0.318 e. The Morgan fingerprint density at radius 1 is 0.875 bits per heavy atom. The molecule has 0 saturated heterocycles. The topological polar surface area (TPSA) is 94.4 Å². The minimum absolute atomic E-state index is 0.117. The number of benzene rings is 2. The Morgan fingerprint density at radius 3 is 1.97 bits per heavy atom. The lowest BCUT2D eigenvalue weighted by atomic mass is 9.99. The van der Waals surface area contributed by atoms with Gasteiger partial charge in [0.05, 0.1) is 11.4 Å². The summed E-state index contributed by atoms with van der Waals surface area (Å²) in [4.78, 5) is 45.2. The smallest absolute Gasteiger partial charge is 0.318 e.